The lowest BCUT2D eigenvalue weighted by Crippen LogP contribution is -2.13. The highest BCUT2D eigenvalue weighted by atomic mass is 16.5. The van der Waals surface area contributed by atoms with Gasteiger partial charge in [0.05, 0.1) is 6.61 Å². The summed E-state index contributed by atoms with van der Waals surface area (Å²) in [5.74, 6) is -0.304. The number of carboxylic acids is 1. The Balaban J connectivity index is 4.03. The third kappa shape index (κ3) is 21.6. The van der Waals surface area contributed by atoms with Crippen LogP contribution < -0.4 is 0 Å². The summed E-state index contributed by atoms with van der Waals surface area (Å²) in [7, 11) is 0. The second kappa shape index (κ2) is 22.6. The largest absolute Gasteiger partial charge is 0.481 e. The molecule has 0 aliphatic carbocycles. The van der Waals surface area contributed by atoms with Crippen LogP contribution in [0.3, 0.4) is 0 Å². The smallest absolute Gasteiger partial charge is 0.306 e. The van der Waals surface area contributed by atoms with Crippen molar-refractivity contribution in [2.24, 2.45) is 5.92 Å². The summed E-state index contributed by atoms with van der Waals surface area (Å²) in [6, 6.07) is 0. The normalized spacial score (nSPS) is 12.1. The van der Waals surface area contributed by atoms with Crippen LogP contribution in [0.1, 0.15) is 142 Å². The van der Waals surface area contributed by atoms with Gasteiger partial charge < -0.3 is 9.84 Å². The zero-order valence-corrected chi connectivity index (χ0v) is 20.1. The maximum absolute atomic E-state index is 12.3. The summed E-state index contributed by atoms with van der Waals surface area (Å²) in [4.78, 5) is 22.9. The molecule has 4 heteroatoms. The van der Waals surface area contributed by atoms with Crippen LogP contribution in [-0.4, -0.2) is 23.7 Å². The van der Waals surface area contributed by atoms with Crippen LogP contribution in [0.15, 0.2) is 0 Å². The van der Waals surface area contributed by atoms with Crippen molar-refractivity contribution in [2.75, 3.05) is 6.61 Å². The van der Waals surface area contributed by atoms with Crippen LogP contribution in [0.2, 0.25) is 0 Å². The highest BCUT2D eigenvalue weighted by Gasteiger charge is 2.15. The van der Waals surface area contributed by atoms with Gasteiger partial charge in [0.15, 0.2) is 0 Å². The molecular formula is C26H50O4. The lowest BCUT2D eigenvalue weighted by Gasteiger charge is -2.16. The van der Waals surface area contributed by atoms with Crippen molar-refractivity contribution in [3.8, 4) is 0 Å². The molecule has 0 bridgehead atoms. The first-order valence-electron chi connectivity index (χ1n) is 13.0. The van der Waals surface area contributed by atoms with E-state index in [-0.39, 0.29) is 12.4 Å². The highest BCUT2D eigenvalue weighted by molar-refractivity contribution is 5.69. The zero-order valence-electron chi connectivity index (χ0n) is 20.1. The molecule has 0 spiro atoms. The number of carbonyl (C=O) groups is 2. The van der Waals surface area contributed by atoms with Crippen molar-refractivity contribution in [1.29, 1.82) is 0 Å². The molecule has 0 aromatic carbocycles. The minimum atomic E-state index is -0.705. The Morgan fingerprint density at radius 2 is 1.13 bits per heavy atom. The fourth-order valence-corrected chi connectivity index (χ4v) is 3.99. The van der Waals surface area contributed by atoms with E-state index >= 15 is 0 Å². The average molecular weight is 427 g/mol. The van der Waals surface area contributed by atoms with Crippen LogP contribution in [0.25, 0.3) is 0 Å². The number of esters is 1. The molecule has 0 amide bonds. The molecule has 0 aliphatic heterocycles. The standard InChI is InChI=1S/C26H50O4/c1-3-5-7-9-11-15-19-24(20-16-12-13-17-21-25(27)28)23-26(29)30-22-18-14-10-8-6-4-2/h24H,3-23H2,1-2H3,(H,27,28). The Bertz CT molecular complexity index is 394. The molecule has 0 heterocycles. The number of carboxylic acid groups (broad SMARTS) is 1. The third-order valence-corrected chi connectivity index (χ3v) is 5.94. The molecule has 0 aromatic heterocycles. The molecule has 30 heavy (non-hydrogen) atoms. The number of hydrogen-bond acceptors (Lipinski definition) is 3. The molecule has 0 aromatic rings. The lowest BCUT2D eigenvalue weighted by atomic mass is 9.91. The molecule has 1 atom stereocenters. The number of aliphatic carboxylic acids is 1. The Morgan fingerprint density at radius 1 is 0.667 bits per heavy atom. The summed E-state index contributed by atoms with van der Waals surface area (Å²) < 4.78 is 5.51. The summed E-state index contributed by atoms with van der Waals surface area (Å²) in [6.45, 7) is 5.03. The van der Waals surface area contributed by atoms with Gasteiger partial charge in [-0.05, 0) is 31.6 Å². The monoisotopic (exact) mass is 426 g/mol. The van der Waals surface area contributed by atoms with E-state index in [4.69, 9.17) is 9.84 Å². The van der Waals surface area contributed by atoms with E-state index in [1.807, 2.05) is 0 Å². The third-order valence-electron chi connectivity index (χ3n) is 5.94. The maximum Gasteiger partial charge on any atom is 0.306 e. The Labute approximate surface area is 186 Å². The molecular weight excluding hydrogens is 376 g/mol. The molecule has 1 N–H and O–H groups in total. The fraction of sp³-hybridized carbons (Fsp3) is 0.923. The van der Waals surface area contributed by atoms with Gasteiger partial charge in [0.25, 0.3) is 0 Å². The molecule has 0 saturated heterocycles. The second-order valence-corrected chi connectivity index (χ2v) is 8.96. The summed E-state index contributed by atoms with van der Waals surface area (Å²) >= 11 is 0. The van der Waals surface area contributed by atoms with Gasteiger partial charge in [0.1, 0.15) is 0 Å². The van der Waals surface area contributed by atoms with Gasteiger partial charge in [-0.15, -0.1) is 0 Å². The van der Waals surface area contributed by atoms with Gasteiger partial charge >= 0.3 is 11.9 Å². The van der Waals surface area contributed by atoms with E-state index in [0.29, 0.717) is 18.9 Å². The van der Waals surface area contributed by atoms with Gasteiger partial charge in [-0.25, -0.2) is 0 Å². The van der Waals surface area contributed by atoms with Crippen molar-refractivity contribution >= 4 is 11.9 Å². The molecule has 1 unspecified atom stereocenters. The second-order valence-electron chi connectivity index (χ2n) is 8.96. The van der Waals surface area contributed by atoms with Gasteiger partial charge in [0, 0.05) is 12.8 Å². The number of ether oxygens (including phenoxy) is 1. The van der Waals surface area contributed by atoms with E-state index in [0.717, 1.165) is 51.4 Å². The van der Waals surface area contributed by atoms with Crippen molar-refractivity contribution in [1.82, 2.24) is 0 Å². The Hall–Kier alpha value is -1.06. The summed E-state index contributed by atoms with van der Waals surface area (Å²) in [5.41, 5.74) is 0. The van der Waals surface area contributed by atoms with Crippen molar-refractivity contribution in [2.45, 2.75) is 142 Å². The van der Waals surface area contributed by atoms with E-state index in [9.17, 15) is 9.59 Å². The van der Waals surface area contributed by atoms with Crippen LogP contribution in [0.4, 0.5) is 0 Å². The van der Waals surface area contributed by atoms with Crippen molar-refractivity contribution < 1.29 is 19.4 Å². The zero-order chi connectivity index (χ0) is 22.3. The van der Waals surface area contributed by atoms with E-state index in [2.05, 4.69) is 13.8 Å². The topological polar surface area (TPSA) is 63.6 Å². The van der Waals surface area contributed by atoms with Crippen molar-refractivity contribution in [3.63, 3.8) is 0 Å². The lowest BCUT2D eigenvalue weighted by molar-refractivity contribution is -0.145. The summed E-state index contributed by atoms with van der Waals surface area (Å²) in [6.07, 6.45) is 21.8. The quantitative estimate of drug-likeness (QED) is 0.132. The Morgan fingerprint density at radius 3 is 1.67 bits per heavy atom. The van der Waals surface area contributed by atoms with E-state index < -0.39 is 5.97 Å². The van der Waals surface area contributed by atoms with Gasteiger partial charge in [-0.3, -0.25) is 9.59 Å². The van der Waals surface area contributed by atoms with Crippen LogP contribution in [-0.2, 0) is 14.3 Å². The number of carbonyl (C=O) groups excluding carboxylic acids is 1. The molecule has 0 fully saturated rings. The Kier molecular flexibility index (Phi) is 21.8. The van der Waals surface area contributed by atoms with Gasteiger partial charge in [-0.2, -0.15) is 0 Å². The van der Waals surface area contributed by atoms with Gasteiger partial charge in [-0.1, -0.05) is 104 Å². The maximum atomic E-state index is 12.3. The van der Waals surface area contributed by atoms with Gasteiger partial charge in [0.2, 0.25) is 0 Å². The predicted molar refractivity (Wildman–Crippen MR) is 126 cm³/mol. The minimum absolute atomic E-state index is 0.0228. The first kappa shape index (κ1) is 28.9. The van der Waals surface area contributed by atoms with Crippen LogP contribution >= 0.6 is 0 Å². The van der Waals surface area contributed by atoms with E-state index in [1.54, 1.807) is 0 Å². The molecule has 0 aliphatic rings. The fourth-order valence-electron chi connectivity index (χ4n) is 3.99. The van der Waals surface area contributed by atoms with Crippen LogP contribution in [0.5, 0.6) is 0 Å². The van der Waals surface area contributed by atoms with Crippen molar-refractivity contribution in [3.05, 3.63) is 0 Å². The van der Waals surface area contributed by atoms with Crippen LogP contribution in [0, 0.1) is 5.92 Å². The summed E-state index contributed by atoms with van der Waals surface area (Å²) in [5, 5.41) is 8.72. The van der Waals surface area contributed by atoms with E-state index in [1.165, 1.54) is 64.2 Å². The average Bonchev–Trinajstić information content (AvgIpc) is 2.71. The minimum Gasteiger partial charge on any atom is -0.481 e. The number of hydrogen-bond donors (Lipinski definition) is 1. The number of unbranched alkanes of at least 4 members (excludes halogenated alkanes) is 13. The molecule has 0 saturated carbocycles. The first-order chi connectivity index (χ1) is 14.6. The molecule has 0 rings (SSSR count). The molecule has 4 nitrogen and oxygen atoms in total. The SMILES string of the molecule is CCCCCCCCOC(=O)CC(CCCCCCCC)CCCCCCC(=O)O. The predicted octanol–water partition coefficient (Wildman–Crippen LogP) is 8.07. The molecule has 0 radical (unpaired) electrons. The number of rotatable bonds is 23. The highest BCUT2D eigenvalue weighted by Crippen LogP contribution is 2.22. The first-order valence-corrected chi connectivity index (χ1v) is 13.0. The molecule has 178 valence electrons.